The Morgan fingerprint density at radius 2 is 2.00 bits per heavy atom. The molecule has 0 atom stereocenters. The lowest BCUT2D eigenvalue weighted by Gasteiger charge is -1.89. The molecule has 0 aromatic rings. The van der Waals surface area contributed by atoms with E-state index < -0.39 is 17.4 Å². The van der Waals surface area contributed by atoms with E-state index in [1.54, 1.807) is 0 Å². The van der Waals surface area contributed by atoms with Gasteiger partial charge in [-0.15, -0.1) is 0 Å². The molecule has 0 radical (unpaired) electrons. The number of aliphatic carboxylic acids is 1. The molecule has 0 saturated heterocycles. The lowest BCUT2D eigenvalue weighted by Crippen LogP contribution is -2.29. The molecule has 0 saturated carbocycles. The van der Waals surface area contributed by atoms with Gasteiger partial charge in [0, 0.05) is 4.92 Å². The maximum absolute atomic E-state index is 9.26. The van der Waals surface area contributed by atoms with Crippen LogP contribution in [0.1, 0.15) is 0 Å². The first kappa shape index (κ1) is 9.95. The highest BCUT2D eigenvalue weighted by Crippen LogP contribution is 1.61. The average molecular weight is 122 g/mol. The van der Waals surface area contributed by atoms with Crippen LogP contribution in [-0.2, 0) is 4.79 Å². The molecule has 0 amide bonds. The number of hydrogen-bond donors (Lipinski definition) is 1. The van der Waals surface area contributed by atoms with Crippen molar-refractivity contribution in [2.24, 2.45) is 0 Å². The van der Waals surface area contributed by atoms with Gasteiger partial charge in [0.15, 0.2) is 0 Å². The van der Waals surface area contributed by atoms with Crippen LogP contribution in [0.2, 0.25) is 0 Å². The number of carbonyl (C=O) groups excluding carboxylic acids is 1. The van der Waals surface area contributed by atoms with E-state index in [1.165, 1.54) is 0 Å². The van der Waals surface area contributed by atoms with Crippen molar-refractivity contribution in [3.8, 4) is 0 Å². The summed E-state index contributed by atoms with van der Waals surface area (Å²) in [6.07, 6.45) is 0. The summed E-state index contributed by atoms with van der Waals surface area (Å²) in [6.45, 7) is -1.11. The fourth-order valence-electron chi connectivity index (χ4n) is 0.105. The first-order chi connectivity index (χ1) is 3.13. The second kappa shape index (κ2) is 4.00. The SMILES string of the molecule is O=C([O-])C[N+](=O)[O-].[NH4+]. The van der Waals surface area contributed by atoms with E-state index in [0.717, 1.165) is 0 Å². The number of nitro groups is 1. The van der Waals surface area contributed by atoms with Gasteiger partial charge in [0.25, 0.3) is 0 Å². The van der Waals surface area contributed by atoms with Crippen LogP contribution in [0.3, 0.4) is 0 Å². The molecule has 0 unspecified atom stereocenters. The summed E-state index contributed by atoms with van der Waals surface area (Å²) in [5.74, 6) is -1.66. The number of carbonyl (C=O) groups is 1. The van der Waals surface area contributed by atoms with E-state index >= 15 is 0 Å². The Kier molecular flexibility index (Phi) is 4.98. The van der Waals surface area contributed by atoms with Crippen LogP contribution in [0, 0.1) is 10.1 Å². The topological polar surface area (TPSA) is 120 Å². The Bertz CT molecular complexity index is 88.2. The summed E-state index contributed by atoms with van der Waals surface area (Å²) in [6, 6.07) is 0. The van der Waals surface area contributed by atoms with Crippen LogP contribution >= 0.6 is 0 Å². The number of rotatable bonds is 2. The van der Waals surface area contributed by atoms with Gasteiger partial charge >= 0.3 is 0 Å². The standard InChI is InChI=1S/C2H3NO4.H3N/c4-2(5)1-3(6)7;/h1H2,(H,4,5);1H3. The van der Waals surface area contributed by atoms with Crippen LogP contribution in [0.4, 0.5) is 0 Å². The third-order valence-corrected chi connectivity index (χ3v) is 0.258. The van der Waals surface area contributed by atoms with Crippen molar-refractivity contribution in [1.29, 1.82) is 0 Å². The second-order valence-corrected chi connectivity index (χ2v) is 0.863. The molecule has 8 heavy (non-hydrogen) atoms. The van der Waals surface area contributed by atoms with E-state index in [9.17, 15) is 20.0 Å². The fourth-order valence-corrected chi connectivity index (χ4v) is 0.105. The van der Waals surface area contributed by atoms with Crippen LogP contribution in [0.15, 0.2) is 0 Å². The quantitative estimate of drug-likeness (QED) is 0.349. The predicted octanol–water partition coefficient (Wildman–Crippen LogP) is -1.61. The molecule has 0 aliphatic rings. The zero-order valence-corrected chi connectivity index (χ0v) is 4.29. The summed E-state index contributed by atoms with van der Waals surface area (Å²) >= 11 is 0. The molecule has 0 fully saturated rings. The number of hydrogen-bond acceptors (Lipinski definition) is 4. The third kappa shape index (κ3) is 8.85. The molecule has 48 valence electrons. The van der Waals surface area contributed by atoms with Crippen molar-refractivity contribution in [2.75, 3.05) is 6.54 Å². The Labute approximate surface area is 44.8 Å². The number of quaternary nitrogens is 1. The molecule has 0 rings (SSSR count). The summed E-state index contributed by atoms with van der Waals surface area (Å²) < 4.78 is 0. The lowest BCUT2D eigenvalue weighted by molar-refractivity contribution is -0.484. The van der Waals surface area contributed by atoms with E-state index in [-0.39, 0.29) is 6.15 Å². The van der Waals surface area contributed by atoms with Gasteiger partial charge in [-0.2, -0.15) is 0 Å². The minimum Gasteiger partial charge on any atom is -0.543 e. The van der Waals surface area contributed by atoms with Gasteiger partial charge in [-0.05, 0) is 0 Å². The molecule has 0 heterocycles. The first-order valence-corrected chi connectivity index (χ1v) is 1.44. The molecule has 0 aromatic heterocycles. The van der Waals surface area contributed by atoms with E-state index in [4.69, 9.17) is 0 Å². The molecular formula is C2H6N2O4. The Hall–Kier alpha value is -1.17. The lowest BCUT2D eigenvalue weighted by atomic mass is 10.7. The maximum atomic E-state index is 9.26. The molecule has 0 spiro atoms. The van der Waals surface area contributed by atoms with E-state index in [2.05, 4.69) is 0 Å². The Balaban J connectivity index is 0. The fraction of sp³-hybridized carbons (Fsp3) is 0.500. The zero-order valence-electron chi connectivity index (χ0n) is 4.29. The Morgan fingerprint density at radius 3 is 2.00 bits per heavy atom. The largest absolute Gasteiger partial charge is 0.543 e. The van der Waals surface area contributed by atoms with Crippen molar-refractivity contribution in [1.82, 2.24) is 6.15 Å². The van der Waals surface area contributed by atoms with Crippen molar-refractivity contribution in [3.05, 3.63) is 10.1 Å². The number of carboxylic acids is 1. The molecule has 4 N–H and O–H groups in total. The summed E-state index contributed by atoms with van der Waals surface area (Å²) in [4.78, 5) is 17.5. The van der Waals surface area contributed by atoms with Crippen LogP contribution in [0.25, 0.3) is 0 Å². The molecule has 6 nitrogen and oxygen atoms in total. The highest BCUT2D eigenvalue weighted by Gasteiger charge is 1.92. The van der Waals surface area contributed by atoms with Gasteiger partial charge in [0.2, 0.25) is 6.54 Å². The van der Waals surface area contributed by atoms with Gasteiger partial charge in [-0.25, -0.2) is 0 Å². The normalized spacial score (nSPS) is 7.00. The molecule has 0 aliphatic heterocycles. The van der Waals surface area contributed by atoms with Gasteiger partial charge in [-0.3, -0.25) is 10.1 Å². The summed E-state index contributed by atoms with van der Waals surface area (Å²) in [5.41, 5.74) is 0. The van der Waals surface area contributed by atoms with Gasteiger partial charge in [0.05, 0.1) is 0 Å². The maximum Gasteiger partial charge on any atom is 0.243 e. The number of carboxylic acid groups (broad SMARTS) is 1. The van der Waals surface area contributed by atoms with E-state index in [1.807, 2.05) is 0 Å². The van der Waals surface area contributed by atoms with Gasteiger partial charge < -0.3 is 16.1 Å². The van der Waals surface area contributed by atoms with Crippen molar-refractivity contribution < 1.29 is 14.8 Å². The molecule has 0 bridgehead atoms. The zero-order chi connectivity index (χ0) is 5.86. The monoisotopic (exact) mass is 122 g/mol. The highest BCUT2D eigenvalue weighted by atomic mass is 16.6. The molecule has 0 aliphatic carbocycles. The molecule has 6 heteroatoms. The smallest absolute Gasteiger partial charge is 0.243 e. The Morgan fingerprint density at radius 1 is 1.62 bits per heavy atom. The van der Waals surface area contributed by atoms with Crippen molar-refractivity contribution in [2.45, 2.75) is 0 Å². The van der Waals surface area contributed by atoms with Gasteiger partial charge in [-0.1, -0.05) is 0 Å². The van der Waals surface area contributed by atoms with Crippen LogP contribution in [-0.4, -0.2) is 17.4 Å². The minimum absolute atomic E-state index is 0. The second-order valence-electron chi connectivity index (χ2n) is 0.863. The molecule has 0 aromatic carbocycles. The highest BCUT2D eigenvalue weighted by molar-refractivity contribution is 5.65. The van der Waals surface area contributed by atoms with Crippen LogP contribution < -0.4 is 11.3 Å². The minimum atomic E-state index is -1.66. The average Bonchev–Trinajstić information content (AvgIpc) is 1.27. The third-order valence-electron chi connectivity index (χ3n) is 0.258. The van der Waals surface area contributed by atoms with Crippen LogP contribution in [0.5, 0.6) is 0 Å². The van der Waals surface area contributed by atoms with Crippen molar-refractivity contribution >= 4 is 5.97 Å². The van der Waals surface area contributed by atoms with Gasteiger partial charge in [0.1, 0.15) is 5.97 Å². The van der Waals surface area contributed by atoms with E-state index in [0.29, 0.717) is 0 Å². The first-order valence-electron chi connectivity index (χ1n) is 1.44. The van der Waals surface area contributed by atoms with Crippen molar-refractivity contribution in [3.63, 3.8) is 0 Å². The number of nitrogens with zero attached hydrogens (tertiary/aromatic N) is 1. The summed E-state index contributed by atoms with van der Waals surface area (Å²) in [5, 5.41) is 18.5. The summed E-state index contributed by atoms with van der Waals surface area (Å²) in [7, 11) is 0. The predicted molar refractivity (Wildman–Crippen MR) is 22.9 cm³/mol. The molecular weight excluding hydrogens is 116 g/mol.